The predicted molar refractivity (Wildman–Crippen MR) is 73.9 cm³/mol. The quantitative estimate of drug-likeness (QED) is 0.579. The standard InChI is InChI=1S/C11H9F3INOS/c12-11(13,14)6-1-2-9(8(15)3-6)16-5-7(18)4-10(16)17/h1-3,7,18H,4-5H2. The van der Waals surface area contributed by atoms with E-state index in [0.717, 1.165) is 12.1 Å². The second-order valence-electron chi connectivity index (χ2n) is 4.03. The van der Waals surface area contributed by atoms with Gasteiger partial charge in [-0.05, 0) is 40.8 Å². The first kappa shape index (κ1) is 14.0. The van der Waals surface area contributed by atoms with Gasteiger partial charge in [-0.15, -0.1) is 0 Å². The number of anilines is 1. The topological polar surface area (TPSA) is 20.3 Å². The number of rotatable bonds is 1. The molecule has 2 nitrogen and oxygen atoms in total. The first-order chi connectivity index (χ1) is 8.29. The Morgan fingerprint density at radius 1 is 1.39 bits per heavy atom. The maximum Gasteiger partial charge on any atom is 0.416 e. The smallest absolute Gasteiger partial charge is 0.310 e. The van der Waals surface area contributed by atoms with Crippen LogP contribution in [-0.2, 0) is 11.0 Å². The van der Waals surface area contributed by atoms with E-state index >= 15 is 0 Å². The Bertz CT molecular complexity index is 492. The molecule has 1 aromatic carbocycles. The normalized spacial score (nSPS) is 20.6. The zero-order chi connectivity index (χ0) is 13.5. The number of alkyl halides is 3. The molecule has 0 N–H and O–H groups in total. The summed E-state index contributed by atoms with van der Waals surface area (Å²) in [5.41, 5.74) is -0.185. The molecule has 1 atom stereocenters. The van der Waals surface area contributed by atoms with Crippen LogP contribution < -0.4 is 4.90 Å². The van der Waals surface area contributed by atoms with Gasteiger partial charge in [-0.3, -0.25) is 4.79 Å². The van der Waals surface area contributed by atoms with Crippen LogP contribution in [-0.4, -0.2) is 17.7 Å². The summed E-state index contributed by atoms with van der Waals surface area (Å²) in [5, 5.41) is -0.0596. The van der Waals surface area contributed by atoms with Crippen LogP contribution in [0.15, 0.2) is 18.2 Å². The summed E-state index contributed by atoms with van der Waals surface area (Å²) in [6.45, 7) is 0.434. The van der Waals surface area contributed by atoms with Crippen LogP contribution in [0.5, 0.6) is 0 Å². The van der Waals surface area contributed by atoms with Crippen molar-refractivity contribution in [3.63, 3.8) is 0 Å². The van der Waals surface area contributed by atoms with E-state index in [4.69, 9.17) is 0 Å². The Balaban J connectivity index is 2.34. The lowest BCUT2D eigenvalue weighted by atomic mass is 10.2. The summed E-state index contributed by atoms with van der Waals surface area (Å²) in [5.74, 6) is -0.104. The largest absolute Gasteiger partial charge is 0.416 e. The van der Waals surface area contributed by atoms with Crippen molar-refractivity contribution in [2.24, 2.45) is 0 Å². The number of halogens is 4. The Morgan fingerprint density at radius 2 is 2.06 bits per heavy atom. The summed E-state index contributed by atoms with van der Waals surface area (Å²) in [4.78, 5) is 13.2. The second kappa shape index (κ2) is 4.92. The summed E-state index contributed by atoms with van der Waals surface area (Å²) in [6.07, 6.45) is -4.04. The summed E-state index contributed by atoms with van der Waals surface area (Å²) >= 11 is 6.03. The summed E-state index contributed by atoms with van der Waals surface area (Å²) in [6, 6.07) is 3.39. The van der Waals surface area contributed by atoms with Crippen LogP contribution >= 0.6 is 35.2 Å². The van der Waals surface area contributed by atoms with Gasteiger partial charge < -0.3 is 4.90 Å². The monoisotopic (exact) mass is 387 g/mol. The number of amides is 1. The van der Waals surface area contributed by atoms with Crippen molar-refractivity contribution in [2.75, 3.05) is 11.4 Å². The number of benzene rings is 1. The molecule has 0 bridgehead atoms. The van der Waals surface area contributed by atoms with Crippen LogP contribution in [0.4, 0.5) is 18.9 Å². The van der Waals surface area contributed by atoms with Crippen LogP contribution in [0.25, 0.3) is 0 Å². The van der Waals surface area contributed by atoms with Gasteiger partial charge in [0.1, 0.15) is 0 Å². The highest BCUT2D eigenvalue weighted by Gasteiger charge is 2.33. The van der Waals surface area contributed by atoms with E-state index in [9.17, 15) is 18.0 Å². The van der Waals surface area contributed by atoms with E-state index in [0.29, 0.717) is 22.2 Å². The van der Waals surface area contributed by atoms with Gasteiger partial charge in [0, 0.05) is 21.8 Å². The number of thiol groups is 1. The highest BCUT2D eigenvalue weighted by Crippen LogP contribution is 2.35. The average molecular weight is 387 g/mol. The van der Waals surface area contributed by atoms with E-state index in [1.165, 1.54) is 11.0 Å². The molecule has 1 heterocycles. The van der Waals surface area contributed by atoms with E-state index in [-0.39, 0.29) is 11.2 Å². The molecule has 1 aliphatic rings. The molecule has 7 heteroatoms. The number of carbonyl (C=O) groups excluding carboxylic acids is 1. The third kappa shape index (κ3) is 2.76. The van der Waals surface area contributed by atoms with Crippen molar-refractivity contribution in [3.05, 3.63) is 27.3 Å². The molecule has 18 heavy (non-hydrogen) atoms. The zero-order valence-electron chi connectivity index (χ0n) is 9.04. The fraction of sp³-hybridized carbons (Fsp3) is 0.364. The molecular weight excluding hydrogens is 378 g/mol. The fourth-order valence-corrected chi connectivity index (χ4v) is 2.95. The molecule has 1 fully saturated rings. The van der Waals surface area contributed by atoms with Crippen molar-refractivity contribution in [1.82, 2.24) is 0 Å². The van der Waals surface area contributed by atoms with Crippen molar-refractivity contribution in [2.45, 2.75) is 17.8 Å². The third-order valence-corrected chi connectivity index (χ3v) is 3.88. The minimum Gasteiger partial charge on any atom is -0.310 e. The summed E-state index contributed by atoms with van der Waals surface area (Å²) < 4.78 is 38.0. The maximum atomic E-state index is 12.5. The molecule has 98 valence electrons. The molecule has 1 unspecified atom stereocenters. The van der Waals surface area contributed by atoms with Gasteiger partial charge in [-0.25, -0.2) is 0 Å². The second-order valence-corrected chi connectivity index (χ2v) is 5.92. The molecule has 0 aliphatic carbocycles. The van der Waals surface area contributed by atoms with Crippen LogP contribution in [0.3, 0.4) is 0 Å². The van der Waals surface area contributed by atoms with Crippen LogP contribution in [0.2, 0.25) is 0 Å². The van der Waals surface area contributed by atoms with E-state index < -0.39 is 11.7 Å². The minimum absolute atomic E-state index is 0.0596. The molecule has 0 aromatic heterocycles. The van der Waals surface area contributed by atoms with Gasteiger partial charge in [-0.1, -0.05) is 0 Å². The number of nitrogens with zero attached hydrogens (tertiary/aromatic N) is 1. The van der Waals surface area contributed by atoms with E-state index in [1.807, 2.05) is 22.6 Å². The SMILES string of the molecule is O=C1CC(S)CN1c1ccc(C(F)(F)F)cc1I. The minimum atomic E-state index is -4.36. The van der Waals surface area contributed by atoms with Crippen molar-refractivity contribution >= 4 is 46.8 Å². The fourth-order valence-electron chi connectivity index (χ4n) is 1.82. The molecule has 1 aromatic rings. The van der Waals surface area contributed by atoms with Crippen molar-refractivity contribution in [3.8, 4) is 0 Å². The zero-order valence-corrected chi connectivity index (χ0v) is 12.1. The van der Waals surface area contributed by atoms with E-state index in [1.54, 1.807) is 0 Å². The highest BCUT2D eigenvalue weighted by atomic mass is 127. The third-order valence-electron chi connectivity index (χ3n) is 2.67. The average Bonchev–Trinajstić information content (AvgIpc) is 2.56. The van der Waals surface area contributed by atoms with Gasteiger partial charge in [0.05, 0.1) is 11.3 Å². The number of carbonyl (C=O) groups is 1. The van der Waals surface area contributed by atoms with Gasteiger partial charge in [0.2, 0.25) is 5.91 Å². The Labute approximate surface area is 121 Å². The van der Waals surface area contributed by atoms with Crippen LogP contribution in [0, 0.1) is 3.57 Å². The lowest BCUT2D eigenvalue weighted by Gasteiger charge is -2.19. The Hall–Kier alpha value is -0.440. The van der Waals surface area contributed by atoms with Crippen LogP contribution in [0.1, 0.15) is 12.0 Å². The number of hydrogen-bond acceptors (Lipinski definition) is 2. The van der Waals surface area contributed by atoms with Gasteiger partial charge in [0.15, 0.2) is 0 Å². The van der Waals surface area contributed by atoms with Crippen molar-refractivity contribution < 1.29 is 18.0 Å². The molecular formula is C11H9F3INOS. The molecule has 1 amide bonds. The maximum absolute atomic E-state index is 12.5. The molecule has 1 saturated heterocycles. The Morgan fingerprint density at radius 3 is 2.50 bits per heavy atom. The molecule has 1 aliphatic heterocycles. The summed E-state index contributed by atoms with van der Waals surface area (Å²) in [7, 11) is 0. The lowest BCUT2D eigenvalue weighted by Crippen LogP contribution is -2.25. The van der Waals surface area contributed by atoms with Gasteiger partial charge >= 0.3 is 6.18 Å². The lowest BCUT2D eigenvalue weighted by molar-refractivity contribution is -0.137. The first-order valence-electron chi connectivity index (χ1n) is 5.14. The molecule has 0 radical (unpaired) electrons. The molecule has 0 saturated carbocycles. The van der Waals surface area contributed by atoms with Gasteiger partial charge in [-0.2, -0.15) is 25.8 Å². The highest BCUT2D eigenvalue weighted by molar-refractivity contribution is 14.1. The van der Waals surface area contributed by atoms with Crippen molar-refractivity contribution in [1.29, 1.82) is 0 Å². The Kier molecular flexibility index (Phi) is 3.82. The molecule has 2 rings (SSSR count). The van der Waals surface area contributed by atoms with E-state index in [2.05, 4.69) is 12.6 Å². The first-order valence-corrected chi connectivity index (χ1v) is 6.73. The number of hydrogen-bond donors (Lipinski definition) is 1. The predicted octanol–water partition coefficient (Wildman–Crippen LogP) is 3.35. The molecule has 0 spiro atoms. The van der Waals surface area contributed by atoms with Gasteiger partial charge in [0.25, 0.3) is 0 Å².